The zero-order valence-electron chi connectivity index (χ0n) is 10.4. The molecule has 0 spiro atoms. The van der Waals surface area contributed by atoms with Gasteiger partial charge >= 0.3 is 0 Å². The van der Waals surface area contributed by atoms with Gasteiger partial charge in [-0.25, -0.2) is 4.39 Å². The van der Waals surface area contributed by atoms with E-state index >= 15 is 0 Å². The van der Waals surface area contributed by atoms with Gasteiger partial charge in [-0.2, -0.15) is 0 Å². The van der Waals surface area contributed by atoms with Crippen LogP contribution in [0.25, 0.3) is 0 Å². The van der Waals surface area contributed by atoms with E-state index in [0.29, 0.717) is 5.92 Å². The quantitative estimate of drug-likeness (QED) is 0.695. The SMILES string of the molecule is Cc1ccc(F)cc1CC(CBr)C1CCCC1. The van der Waals surface area contributed by atoms with E-state index in [-0.39, 0.29) is 5.82 Å². The molecule has 17 heavy (non-hydrogen) atoms. The van der Waals surface area contributed by atoms with Crippen LogP contribution in [0.4, 0.5) is 4.39 Å². The molecule has 0 radical (unpaired) electrons. The van der Waals surface area contributed by atoms with Crippen molar-refractivity contribution in [3.05, 3.63) is 35.1 Å². The Labute approximate surface area is 112 Å². The first-order valence-corrected chi connectivity index (χ1v) is 7.64. The minimum absolute atomic E-state index is 0.106. The lowest BCUT2D eigenvalue weighted by atomic mass is 9.86. The molecule has 94 valence electrons. The van der Waals surface area contributed by atoms with Crippen LogP contribution < -0.4 is 0 Å². The van der Waals surface area contributed by atoms with Crippen LogP contribution in [0.15, 0.2) is 18.2 Å². The van der Waals surface area contributed by atoms with Crippen molar-refractivity contribution in [2.45, 2.75) is 39.0 Å². The Kier molecular flexibility index (Phi) is 4.61. The van der Waals surface area contributed by atoms with Crippen LogP contribution in [-0.4, -0.2) is 5.33 Å². The van der Waals surface area contributed by atoms with Crippen molar-refractivity contribution in [1.29, 1.82) is 0 Å². The number of hydrogen-bond donors (Lipinski definition) is 0. The maximum absolute atomic E-state index is 13.3. The second-order valence-corrected chi connectivity index (χ2v) is 5.88. The predicted octanol–water partition coefficient (Wildman–Crippen LogP) is 4.88. The van der Waals surface area contributed by atoms with E-state index in [1.807, 2.05) is 6.07 Å². The van der Waals surface area contributed by atoms with Crippen LogP contribution >= 0.6 is 15.9 Å². The summed E-state index contributed by atoms with van der Waals surface area (Å²) in [5.41, 5.74) is 2.40. The first-order chi connectivity index (χ1) is 8.20. The molecule has 0 heterocycles. The fourth-order valence-corrected chi connectivity index (χ4v) is 3.68. The molecule has 1 aromatic carbocycles. The summed E-state index contributed by atoms with van der Waals surface area (Å²) in [5, 5.41) is 1.04. The Morgan fingerprint density at radius 3 is 2.71 bits per heavy atom. The molecule has 2 rings (SSSR count). The molecular weight excluding hydrogens is 279 g/mol. The lowest BCUT2D eigenvalue weighted by Gasteiger charge is -2.22. The molecule has 1 unspecified atom stereocenters. The largest absolute Gasteiger partial charge is 0.207 e. The second-order valence-electron chi connectivity index (χ2n) is 5.23. The van der Waals surface area contributed by atoms with Gasteiger partial charge in [0.05, 0.1) is 0 Å². The van der Waals surface area contributed by atoms with Gasteiger partial charge in [0.25, 0.3) is 0 Å². The van der Waals surface area contributed by atoms with Crippen LogP contribution in [0.3, 0.4) is 0 Å². The molecule has 0 aromatic heterocycles. The monoisotopic (exact) mass is 298 g/mol. The van der Waals surface area contributed by atoms with E-state index in [0.717, 1.165) is 17.7 Å². The van der Waals surface area contributed by atoms with Crippen molar-refractivity contribution in [3.63, 3.8) is 0 Å². The molecule has 0 nitrogen and oxygen atoms in total. The Hall–Kier alpha value is -0.370. The number of alkyl halides is 1. The fourth-order valence-electron chi connectivity index (χ4n) is 2.92. The number of hydrogen-bond acceptors (Lipinski definition) is 0. The third kappa shape index (κ3) is 3.31. The van der Waals surface area contributed by atoms with E-state index in [1.165, 1.54) is 36.8 Å². The molecule has 0 N–H and O–H groups in total. The molecule has 1 atom stereocenters. The summed E-state index contributed by atoms with van der Waals surface area (Å²) in [6, 6.07) is 5.15. The Bertz CT molecular complexity index is 369. The molecule has 0 amide bonds. The molecule has 2 heteroatoms. The Balaban J connectivity index is 2.09. The highest BCUT2D eigenvalue weighted by molar-refractivity contribution is 9.09. The Morgan fingerprint density at radius 1 is 1.35 bits per heavy atom. The minimum Gasteiger partial charge on any atom is -0.207 e. The van der Waals surface area contributed by atoms with Gasteiger partial charge in [0, 0.05) is 5.33 Å². The highest BCUT2D eigenvalue weighted by Crippen LogP contribution is 2.34. The zero-order valence-corrected chi connectivity index (χ0v) is 12.0. The normalized spacial score (nSPS) is 18.5. The maximum atomic E-state index is 13.3. The summed E-state index contributed by atoms with van der Waals surface area (Å²) >= 11 is 3.63. The third-order valence-electron chi connectivity index (χ3n) is 4.06. The standard InChI is InChI=1S/C15H20BrF/c1-11-6-7-15(17)9-13(11)8-14(10-16)12-4-2-3-5-12/h6-7,9,12,14H,2-5,8,10H2,1H3. The second kappa shape index (κ2) is 5.99. The van der Waals surface area contributed by atoms with Crippen LogP contribution in [0.1, 0.15) is 36.8 Å². The highest BCUT2D eigenvalue weighted by atomic mass is 79.9. The van der Waals surface area contributed by atoms with E-state index < -0.39 is 0 Å². The average Bonchev–Trinajstić information content (AvgIpc) is 2.84. The van der Waals surface area contributed by atoms with Gasteiger partial charge in [0.1, 0.15) is 5.82 Å². The summed E-state index contributed by atoms with van der Waals surface area (Å²) in [6.45, 7) is 2.08. The molecule has 1 aliphatic carbocycles. The molecular formula is C15H20BrF. The van der Waals surface area contributed by atoms with Crippen LogP contribution in [0.2, 0.25) is 0 Å². The summed E-state index contributed by atoms with van der Waals surface area (Å²) in [5.74, 6) is 1.39. The smallest absolute Gasteiger partial charge is 0.123 e. The fraction of sp³-hybridized carbons (Fsp3) is 0.600. The lowest BCUT2D eigenvalue weighted by molar-refractivity contribution is 0.372. The lowest BCUT2D eigenvalue weighted by Crippen LogP contribution is -2.16. The minimum atomic E-state index is -0.106. The van der Waals surface area contributed by atoms with Gasteiger partial charge in [-0.1, -0.05) is 47.7 Å². The van der Waals surface area contributed by atoms with Gasteiger partial charge in [-0.15, -0.1) is 0 Å². The highest BCUT2D eigenvalue weighted by Gasteiger charge is 2.24. The van der Waals surface area contributed by atoms with Gasteiger partial charge < -0.3 is 0 Å². The van der Waals surface area contributed by atoms with E-state index in [9.17, 15) is 4.39 Å². The van der Waals surface area contributed by atoms with Crippen molar-refractivity contribution in [2.24, 2.45) is 11.8 Å². The third-order valence-corrected chi connectivity index (χ3v) is 4.89. The van der Waals surface area contributed by atoms with Crippen molar-refractivity contribution in [1.82, 2.24) is 0 Å². The molecule has 0 aliphatic heterocycles. The van der Waals surface area contributed by atoms with Crippen molar-refractivity contribution < 1.29 is 4.39 Å². The molecule has 0 bridgehead atoms. The number of aryl methyl sites for hydroxylation is 1. The van der Waals surface area contributed by atoms with Crippen LogP contribution in [-0.2, 0) is 6.42 Å². The summed E-state index contributed by atoms with van der Waals surface area (Å²) in [6.07, 6.45) is 6.46. The van der Waals surface area contributed by atoms with Crippen LogP contribution in [0.5, 0.6) is 0 Å². The average molecular weight is 299 g/mol. The maximum Gasteiger partial charge on any atom is 0.123 e. The molecule has 0 saturated heterocycles. The van der Waals surface area contributed by atoms with Gasteiger partial charge in [-0.05, 0) is 48.4 Å². The van der Waals surface area contributed by atoms with Gasteiger partial charge in [0.15, 0.2) is 0 Å². The first kappa shape index (κ1) is 13.1. The number of halogens is 2. The number of rotatable bonds is 4. The van der Waals surface area contributed by atoms with E-state index in [2.05, 4.69) is 22.9 Å². The predicted molar refractivity (Wildman–Crippen MR) is 74.1 cm³/mol. The van der Waals surface area contributed by atoms with E-state index in [4.69, 9.17) is 0 Å². The molecule has 1 aromatic rings. The number of benzene rings is 1. The summed E-state index contributed by atoms with van der Waals surface area (Å²) < 4.78 is 13.3. The van der Waals surface area contributed by atoms with E-state index in [1.54, 1.807) is 12.1 Å². The van der Waals surface area contributed by atoms with Crippen molar-refractivity contribution >= 4 is 15.9 Å². The molecule has 1 fully saturated rings. The molecule has 1 aliphatic rings. The summed E-state index contributed by atoms with van der Waals surface area (Å²) in [4.78, 5) is 0. The van der Waals surface area contributed by atoms with Gasteiger partial charge in [-0.3, -0.25) is 0 Å². The summed E-state index contributed by atoms with van der Waals surface area (Å²) in [7, 11) is 0. The van der Waals surface area contributed by atoms with Crippen molar-refractivity contribution in [2.75, 3.05) is 5.33 Å². The Morgan fingerprint density at radius 2 is 2.06 bits per heavy atom. The zero-order chi connectivity index (χ0) is 12.3. The van der Waals surface area contributed by atoms with Crippen LogP contribution in [0, 0.1) is 24.6 Å². The topological polar surface area (TPSA) is 0 Å². The first-order valence-electron chi connectivity index (χ1n) is 6.51. The molecule has 1 saturated carbocycles. The van der Waals surface area contributed by atoms with Crippen molar-refractivity contribution in [3.8, 4) is 0 Å². The van der Waals surface area contributed by atoms with Gasteiger partial charge in [0.2, 0.25) is 0 Å².